The van der Waals surface area contributed by atoms with Gasteiger partial charge in [-0.05, 0) is 56.5 Å². The normalized spacial score (nSPS) is 13.5. The molecule has 1 unspecified atom stereocenters. The number of rotatable bonds is 8. The number of pyridine rings is 1. The lowest BCUT2D eigenvalue weighted by Gasteiger charge is -2.12. The van der Waals surface area contributed by atoms with Crippen LogP contribution in [-0.2, 0) is 9.59 Å². The van der Waals surface area contributed by atoms with Gasteiger partial charge in [-0.15, -0.1) is 0 Å². The van der Waals surface area contributed by atoms with Gasteiger partial charge in [0, 0.05) is 0 Å². The molecular formula is C21H31N7O3. The van der Waals surface area contributed by atoms with E-state index in [1.165, 1.54) is 0 Å². The summed E-state index contributed by atoms with van der Waals surface area (Å²) in [6.07, 6.45) is 4.17. The second kappa shape index (κ2) is 11.7. The fourth-order valence-corrected chi connectivity index (χ4v) is 2.50. The van der Waals surface area contributed by atoms with Gasteiger partial charge in [0.15, 0.2) is 5.75 Å². The van der Waals surface area contributed by atoms with Crippen LogP contribution in [0.2, 0.25) is 0 Å². The first-order valence-electron chi connectivity index (χ1n) is 10.2. The number of carbonyl (C=O) groups excluding carboxylic acids is 2. The number of aromatic nitrogens is 1. The molecule has 1 heterocycles. The van der Waals surface area contributed by atoms with Crippen LogP contribution in [0.4, 0.5) is 23.0 Å². The molecule has 31 heavy (non-hydrogen) atoms. The molecule has 11 N–H and O–H groups in total. The standard InChI is InChI=1S/C11H20N6O.C10H11NO2/c12-6-2-1-3-8(14)11(18)17-9-5-4-7(13)10(15)16-9;11-8-3-1-2-4-9(8)13-10(12)7-5-6-7/h4-5,8H,1-3,6,12-14H2,(H3,15,16,17,18);1-4,7H,5-6,11H2. The van der Waals surface area contributed by atoms with Gasteiger partial charge in [0.05, 0.1) is 23.3 Å². The highest BCUT2D eigenvalue weighted by molar-refractivity contribution is 5.94. The summed E-state index contributed by atoms with van der Waals surface area (Å²) >= 11 is 0. The Bertz CT molecular complexity index is 887. The Hall–Kier alpha value is -3.37. The zero-order chi connectivity index (χ0) is 22.8. The largest absolute Gasteiger partial charge is 0.424 e. The average molecular weight is 430 g/mol. The third-order valence-corrected chi connectivity index (χ3v) is 4.55. The summed E-state index contributed by atoms with van der Waals surface area (Å²) in [6, 6.07) is 9.62. The molecule has 1 aromatic carbocycles. The fraction of sp³-hybridized carbons (Fsp3) is 0.381. The maximum atomic E-state index is 11.7. The average Bonchev–Trinajstić information content (AvgIpc) is 3.58. The molecule has 1 aliphatic rings. The highest BCUT2D eigenvalue weighted by atomic mass is 16.5. The topological polar surface area (TPSA) is 198 Å². The molecule has 1 aliphatic carbocycles. The molecule has 1 saturated carbocycles. The first kappa shape index (κ1) is 23.9. The van der Waals surface area contributed by atoms with Crippen LogP contribution in [0.25, 0.3) is 0 Å². The van der Waals surface area contributed by atoms with Crippen molar-refractivity contribution in [1.29, 1.82) is 0 Å². The second-order valence-electron chi connectivity index (χ2n) is 7.28. The van der Waals surface area contributed by atoms with E-state index in [0.29, 0.717) is 35.9 Å². The van der Waals surface area contributed by atoms with Gasteiger partial charge in [0.1, 0.15) is 11.6 Å². The van der Waals surface area contributed by atoms with Crippen LogP contribution in [0.5, 0.6) is 5.75 Å². The molecule has 1 amide bonds. The van der Waals surface area contributed by atoms with Gasteiger partial charge in [-0.3, -0.25) is 9.59 Å². The van der Waals surface area contributed by atoms with E-state index in [2.05, 4.69) is 10.3 Å². The van der Waals surface area contributed by atoms with Gasteiger partial charge in [-0.25, -0.2) is 4.98 Å². The lowest BCUT2D eigenvalue weighted by molar-refractivity contribution is -0.135. The predicted octanol–water partition coefficient (Wildman–Crippen LogP) is 1.23. The van der Waals surface area contributed by atoms with Crippen molar-refractivity contribution in [2.75, 3.05) is 29.1 Å². The maximum absolute atomic E-state index is 11.7. The maximum Gasteiger partial charge on any atom is 0.314 e. The monoisotopic (exact) mass is 429 g/mol. The number of anilines is 4. The second-order valence-corrected chi connectivity index (χ2v) is 7.28. The number of nitrogen functional groups attached to an aromatic ring is 3. The Morgan fingerprint density at radius 3 is 2.39 bits per heavy atom. The molecule has 10 nitrogen and oxygen atoms in total. The quantitative estimate of drug-likeness (QED) is 0.154. The number of carbonyl (C=O) groups is 2. The van der Waals surface area contributed by atoms with Gasteiger partial charge in [-0.1, -0.05) is 18.6 Å². The van der Waals surface area contributed by atoms with Crippen LogP contribution in [-0.4, -0.2) is 29.4 Å². The first-order chi connectivity index (χ1) is 14.8. The number of amides is 1. The highest BCUT2D eigenvalue weighted by Gasteiger charge is 2.31. The van der Waals surface area contributed by atoms with Crippen molar-refractivity contribution in [2.24, 2.45) is 17.4 Å². The molecule has 2 aromatic rings. The van der Waals surface area contributed by atoms with Gasteiger partial charge < -0.3 is 38.7 Å². The van der Waals surface area contributed by atoms with E-state index < -0.39 is 6.04 Å². The number of esters is 1. The molecule has 1 atom stereocenters. The molecule has 0 bridgehead atoms. The number of ether oxygens (including phenoxy) is 1. The SMILES string of the molecule is NCCCCC(N)C(=O)Nc1ccc(N)c(N)n1.Nc1ccccc1OC(=O)C1CC1. The number of benzene rings is 1. The summed E-state index contributed by atoms with van der Waals surface area (Å²) in [5.74, 6) is 0.672. The summed E-state index contributed by atoms with van der Waals surface area (Å²) in [4.78, 5) is 26.9. The minimum absolute atomic E-state index is 0.111. The number of nitrogens with one attached hydrogen (secondary N) is 1. The number of hydrogen-bond donors (Lipinski definition) is 6. The fourth-order valence-electron chi connectivity index (χ4n) is 2.50. The van der Waals surface area contributed by atoms with E-state index in [4.69, 9.17) is 33.4 Å². The Labute approximate surface area is 181 Å². The van der Waals surface area contributed by atoms with Gasteiger partial charge in [0.2, 0.25) is 5.91 Å². The van der Waals surface area contributed by atoms with E-state index in [1.54, 1.807) is 30.3 Å². The summed E-state index contributed by atoms with van der Waals surface area (Å²) in [7, 11) is 0. The molecule has 0 saturated heterocycles. The van der Waals surface area contributed by atoms with Crippen molar-refractivity contribution in [1.82, 2.24) is 4.98 Å². The molecular weight excluding hydrogens is 398 g/mol. The third-order valence-electron chi connectivity index (χ3n) is 4.55. The highest BCUT2D eigenvalue weighted by Crippen LogP contribution is 2.31. The number of para-hydroxylation sites is 2. The van der Waals surface area contributed by atoms with Crippen molar-refractivity contribution in [3.63, 3.8) is 0 Å². The summed E-state index contributed by atoms with van der Waals surface area (Å²) in [5, 5.41) is 2.59. The predicted molar refractivity (Wildman–Crippen MR) is 122 cm³/mol. The smallest absolute Gasteiger partial charge is 0.314 e. The Balaban J connectivity index is 0.000000231. The van der Waals surface area contributed by atoms with E-state index in [9.17, 15) is 9.59 Å². The molecule has 0 aliphatic heterocycles. The van der Waals surface area contributed by atoms with Crippen LogP contribution in [0.3, 0.4) is 0 Å². The Morgan fingerprint density at radius 2 is 1.77 bits per heavy atom. The number of unbranched alkanes of at least 4 members (excludes halogenated alkanes) is 1. The van der Waals surface area contributed by atoms with Gasteiger partial charge in [-0.2, -0.15) is 0 Å². The van der Waals surface area contributed by atoms with E-state index in [0.717, 1.165) is 25.7 Å². The zero-order valence-electron chi connectivity index (χ0n) is 17.4. The molecule has 0 radical (unpaired) electrons. The Kier molecular flexibility index (Phi) is 9.04. The first-order valence-corrected chi connectivity index (χ1v) is 10.2. The molecule has 1 aromatic heterocycles. The van der Waals surface area contributed by atoms with Crippen LogP contribution < -0.4 is 38.7 Å². The van der Waals surface area contributed by atoms with Gasteiger partial charge in [0.25, 0.3) is 0 Å². The van der Waals surface area contributed by atoms with Crippen molar-refractivity contribution in [3.05, 3.63) is 36.4 Å². The minimum Gasteiger partial charge on any atom is -0.424 e. The van der Waals surface area contributed by atoms with Crippen LogP contribution in [0.1, 0.15) is 32.1 Å². The zero-order valence-corrected chi connectivity index (χ0v) is 17.4. The summed E-state index contributed by atoms with van der Waals surface area (Å²) in [6.45, 7) is 0.602. The van der Waals surface area contributed by atoms with E-state index >= 15 is 0 Å². The molecule has 168 valence electrons. The number of hydrogen-bond acceptors (Lipinski definition) is 9. The number of nitrogens with zero attached hydrogens (tertiary/aromatic N) is 1. The third kappa shape index (κ3) is 8.11. The summed E-state index contributed by atoms with van der Waals surface area (Å²) < 4.78 is 5.11. The van der Waals surface area contributed by atoms with Crippen molar-refractivity contribution in [3.8, 4) is 5.75 Å². The van der Waals surface area contributed by atoms with Crippen molar-refractivity contribution >= 4 is 34.9 Å². The summed E-state index contributed by atoms with van der Waals surface area (Å²) in [5.41, 5.74) is 28.7. The van der Waals surface area contributed by atoms with Crippen LogP contribution >= 0.6 is 0 Å². The Morgan fingerprint density at radius 1 is 1.06 bits per heavy atom. The molecule has 0 spiro atoms. The van der Waals surface area contributed by atoms with Crippen molar-refractivity contribution in [2.45, 2.75) is 38.1 Å². The van der Waals surface area contributed by atoms with Crippen LogP contribution in [0, 0.1) is 5.92 Å². The molecule has 3 rings (SSSR count). The molecule has 10 heteroatoms. The lowest BCUT2D eigenvalue weighted by Crippen LogP contribution is -2.35. The minimum atomic E-state index is -0.572. The van der Waals surface area contributed by atoms with Gasteiger partial charge >= 0.3 is 5.97 Å². The van der Waals surface area contributed by atoms with Crippen molar-refractivity contribution < 1.29 is 14.3 Å². The van der Waals surface area contributed by atoms with Crippen LogP contribution in [0.15, 0.2) is 36.4 Å². The molecule has 1 fully saturated rings. The van der Waals surface area contributed by atoms with E-state index in [-0.39, 0.29) is 23.6 Å². The van der Waals surface area contributed by atoms with E-state index in [1.807, 2.05) is 6.07 Å². The number of nitrogens with two attached hydrogens (primary N) is 5. The lowest BCUT2D eigenvalue weighted by atomic mass is 10.1.